The van der Waals surface area contributed by atoms with Crippen molar-refractivity contribution >= 4 is 17.3 Å². The summed E-state index contributed by atoms with van der Waals surface area (Å²) in [4.78, 5) is 11.3. The summed E-state index contributed by atoms with van der Waals surface area (Å²) in [6.07, 6.45) is -6.49. The predicted molar refractivity (Wildman–Crippen MR) is 69.7 cm³/mol. The Bertz CT molecular complexity index is 585. The number of carboxylic acids is 1. The average Bonchev–Trinajstić information content (AvgIpc) is 2.89. The molecule has 22 heavy (non-hydrogen) atoms. The molecule has 4 atom stereocenters. The van der Waals surface area contributed by atoms with Crippen molar-refractivity contribution in [3.8, 4) is 5.75 Å². The molecule has 9 heteroatoms. The smallest absolute Gasteiger partial charge is 0.417 e. The van der Waals surface area contributed by atoms with Gasteiger partial charge < -0.3 is 14.6 Å². The third kappa shape index (κ3) is 2.36. The van der Waals surface area contributed by atoms with Crippen LogP contribution in [-0.2, 0) is 9.53 Å². The zero-order chi connectivity index (χ0) is 16.9. The van der Waals surface area contributed by atoms with E-state index in [0.717, 1.165) is 6.92 Å². The van der Waals surface area contributed by atoms with E-state index in [1.165, 1.54) is 19.4 Å². The van der Waals surface area contributed by atoms with Gasteiger partial charge in [-0.15, -0.1) is 11.3 Å². The van der Waals surface area contributed by atoms with Gasteiger partial charge >= 0.3 is 12.1 Å². The molecule has 0 amide bonds. The van der Waals surface area contributed by atoms with E-state index in [9.17, 15) is 27.5 Å². The second kappa shape index (κ2) is 5.38. The van der Waals surface area contributed by atoms with Crippen LogP contribution in [0.4, 0.5) is 17.6 Å². The molecule has 1 saturated heterocycles. The monoisotopic (exact) mass is 342 g/mol. The maximum absolute atomic E-state index is 13.6. The van der Waals surface area contributed by atoms with Crippen molar-refractivity contribution in [2.24, 2.45) is 5.92 Å². The molecule has 0 saturated carbocycles. The topological polar surface area (TPSA) is 55.8 Å². The quantitative estimate of drug-likeness (QED) is 0.855. The van der Waals surface area contributed by atoms with Crippen LogP contribution in [0.15, 0.2) is 5.38 Å². The lowest BCUT2D eigenvalue weighted by Crippen LogP contribution is -2.47. The molecule has 1 fully saturated rings. The largest absolute Gasteiger partial charge is 0.492 e. The maximum Gasteiger partial charge on any atom is 0.417 e. The number of rotatable bonds is 3. The summed E-state index contributed by atoms with van der Waals surface area (Å²) in [6.45, 7) is 2.05. The number of hydrogen-bond donors (Lipinski definition) is 1. The van der Waals surface area contributed by atoms with Gasteiger partial charge in [-0.05, 0) is 6.92 Å². The Morgan fingerprint density at radius 2 is 2.09 bits per heavy atom. The number of halogens is 4. The molecule has 0 radical (unpaired) electrons. The molecular weight excluding hydrogens is 328 g/mol. The van der Waals surface area contributed by atoms with Gasteiger partial charge in [-0.1, -0.05) is 6.92 Å². The summed E-state index contributed by atoms with van der Waals surface area (Å²) in [5.74, 6) is -4.15. The van der Waals surface area contributed by atoms with E-state index in [1.54, 1.807) is 0 Å². The third-order valence-electron chi connectivity index (χ3n) is 4.21. The minimum Gasteiger partial charge on any atom is -0.492 e. The van der Waals surface area contributed by atoms with Crippen LogP contribution in [-0.4, -0.2) is 36.1 Å². The van der Waals surface area contributed by atoms with Crippen LogP contribution in [0, 0.1) is 11.0 Å². The van der Waals surface area contributed by atoms with Crippen LogP contribution in [0.1, 0.15) is 25.3 Å². The highest BCUT2D eigenvalue weighted by Gasteiger charge is 2.66. The molecule has 4 nitrogen and oxygen atoms in total. The highest BCUT2D eigenvalue weighted by atomic mass is 32.1. The van der Waals surface area contributed by atoms with E-state index in [1.807, 2.05) is 0 Å². The van der Waals surface area contributed by atoms with Crippen molar-refractivity contribution in [1.82, 2.24) is 0 Å². The van der Waals surface area contributed by atoms with Gasteiger partial charge in [-0.3, -0.25) is 0 Å². The Labute approximate surface area is 127 Å². The van der Waals surface area contributed by atoms with Gasteiger partial charge in [0.1, 0.15) is 0 Å². The van der Waals surface area contributed by atoms with Crippen LogP contribution in [0.25, 0.3) is 0 Å². The lowest BCUT2D eigenvalue weighted by molar-refractivity contribution is -0.273. The Morgan fingerprint density at radius 1 is 1.50 bits per heavy atom. The van der Waals surface area contributed by atoms with Gasteiger partial charge in [0, 0.05) is 22.8 Å². The van der Waals surface area contributed by atoms with Crippen LogP contribution >= 0.6 is 11.3 Å². The molecule has 4 unspecified atom stereocenters. The second-order valence-electron chi connectivity index (χ2n) is 5.29. The van der Waals surface area contributed by atoms with Crippen molar-refractivity contribution < 1.29 is 36.9 Å². The molecule has 1 aromatic rings. The van der Waals surface area contributed by atoms with Crippen LogP contribution < -0.4 is 4.74 Å². The van der Waals surface area contributed by atoms with Crippen LogP contribution in [0.2, 0.25) is 0 Å². The fourth-order valence-electron chi connectivity index (χ4n) is 2.77. The zero-order valence-corrected chi connectivity index (χ0v) is 12.7. The fraction of sp³-hybridized carbons (Fsp3) is 0.615. The minimum atomic E-state index is -4.75. The summed E-state index contributed by atoms with van der Waals surface area (Å²) in [7, 11) is 1.17. The zero-order valence-electron chi connectivity index (χ0n) is 11.9. The molecule has 0 spiro atoms. The van der Waals surface area contributed by atoms with E-state index in [0.29, 0.717) is 11.3 Å². The van der Waals surface area contributed by atoms with Gasteiger partial charge in [0.15, 0.2) is 17.5 Å². The average molecular weight is 342 g/mol. The molecule has 2 heterocycles. The molecule has 0 aromatic carbocycles. The summed E-state index contributed by atoms with van der Waals surface area (Å²) in [5, 5.41) is 9.77. The first-order valence-electron chi connectivity index (χ1n) is 6.32. The Morgan fingerprint density at radius 3 is 2.55 bits per heavy atom. The van der Waals surface area contributed by atoms with E-state index in [4.69, 9.17) is 9.47 Å². The van der Waals surface area contributed by atoms with Gasteiger partial charge in [0.25, 0.3) is 0 Å². The molecule has 1 aliphatic heterocycles. The van der Waals surface area contributed by atoms with Crippen LogP contribution in [0.3, 0.4) is 0 Å². The summed E-state index contributed by atoms with van der Waals surface area (Å²) in [6, 6.07) is 0. The number of carboxylic acid groups (broad SMARTS) is 1. The number of carbonyl (C=O) groups is 1. The van der Waals surface area contributed by atoms with Crippen molar-refractivity contribution in [3.63, 3.8) is 0 Å². The molecule has 124 valence electrons. The first kappa shape index (κ1) is 17.0. The van der Waals surface area contributed by atoms with Crippen molar-refractivity contribution in [3.05, 3.63) is 16.1 Å². The predicted octanol–water partition coefficient (Wildman–Crippen LogP) is 3.42. The molecular formula is C13H14F4O4S. The standard InChI is InChI=1S/C13H14F4O4S/c1-5-7(6-4-22-10(14)8(6)20-3)9(11(18)19)21-12(5,2)13(15,16)17/h4-5,7,9H,1-3H3,(H,18,19). The van der Waals surface area contributed by atoms with Gasteiger partial charge in [-0.25, -0.2) is 4.79 Å². The highest BCUT2D eigenvalue weighted by molar-refractivity contribution is 7.08. The molecule has 1 aromatic heterocycles. The Hall–Kier alpha value is -1.35. The van der Waals surface area contributed by atoms with E-state index >= 15 is 0 Å². The van der Waals surface area contributed by atoms with Crippen molar-refractivity contribution in [2.45, 2.75) is 37.6 Å². The van der Waals surface area contributed by atoms with E-state index in [2.05, 4.69) is 0 Å². The molecule has 0 aliphatic carbocycles. The number of hydrogen-bond acceptors (Lipinski definition) is 4. The van der Waals surface area contributed by atoms with Crippen molar-refractivity contribution in [1.29, 1.82) is 0 Å². The van der Waals surface area contributed by atoms with Gasteiger partial charge in [0.05, 0.1) is 7.11 Å². The SMILES string of the molecule is COc1c(C2C(C(=O)O)OC(C)(C(F)(F)F)C2C)csc1F. The molecule has 2 rings (SSSR count). The minimum absolute atomic E-state index is 0.0814. The lowest BCUT2D eigenvalue weighted by atomic mass is 9.78. The van der Waals surface area contributed by atoms with E-state index < -0.39 is 40.8 Å². The Kier molecular flexibility index (Phi) is 4.16. The normalized spacial score (nSPS) is 32.2. The summed E-state index contributed by atoms with van der Waals surface area (Å²) in [5.41, 5.74) is -2.55. The fourth-order valence-corrected chi connectivity index (χ4v) is 3.58. The molecule has 1 aliphatic rings. The van der Waals surface area contributed by atoms with E-state index in [-0.39, 0.29) is 11.3 Å². The number of alkyl halides is 3. The summed E-state index contributed by atoms with van der Waals surface area (Å²) >= 11 is 0.644. The first-order chi connectivity index (χ1) is 10.0. The highest BCUT2D eigenvalue weighted by Crippen LogP contribution is 2.55. The number of aliphatic carboxylic acids is 1. The number of thiophene rings is 1. The maximum atomic E-state index is 13.6. The number of ether oxygens (including phenoxy) is 2. The second-order valence-corrected chi connectivity index (χ2v) is 6.12. The lowest BCUT2D eigenvalue weighted by Gasteiger charge is -2.31. The van der Waals surface area contributed by atoms with Crippen LogP contribution in [0.5, 0.6) is 5.75 Å². The summed E-state index contributed by atoms with van der Waals surface area (Å²) < 4.78 is 63.2. The molecule has 0 bridgehead atoms. The Balaban J connectivity index is 2.55. The van der Waals surface area contributed by atoms with Crippen molar-refractivity contribution in [2.75, 3.05) is 7.11 Å². The van der Waals surface area contributed by atoms with Gasteiger partial charge in [0.2, 0.25) is 5.13 Å². The number of methoxy groups -OCH3 is 1. The van der Waals surface area contributed by atoms with Gasteiger partial charge in [-0.2, -0.15) is 17.6 Å². The first-order valence-corrected chi connectivity index (χ1v) is 7.20. The third-order valence-corrected chi connectivity index (χ3v) is 4.97. The molecule has 1 N–H and O–H groups in total.